The average molecular weight is 430 g/mol. The molecule has 1 aliphatic heterocycles. The fourth-order valence-corrected chi connectivity index (χ4v) is 3.78. The van der Waals surface area contributed by atoms with E-state index in [1.165, 1.54) is 0 Å². The minimum Gasteiger partial charge on any atom is -0.478 e. The zero-order chi connectivity index (χ0) is 22.9. The van der Waals surface area contributed by atoms with Gasteiger partial charge in [0.25, 0.3) is 0 Å². The number of hydrogen-bond donors (Lipinski definition) is 2. The van der Waals surface area contributed by atoms with E-state index in [-0.39, 0.29) is 12.2 Å². The number of benzene rings is 2. The van der Waals surface area contributed by atoms with E-state index in [9.17, 15) is 14.7 Å². The van der Waals surface area contributed by atoms with Gasteiger partial charge in [0, 0.05) is 17.3 Å². The van der Waals surface area contributed by atoms with Crippen molar-refractivity contribution in [3.8, 4) is 0 Å². The number of aliphatic carboxylic acids is 1. The Balaban J connectivity index is 1.76. The Morgan fingerprint density at radius 2 is 1.41 bits per heavy atom. The number of carbonyl (C=O) groups excluding carboxylic acids is 1. The SMILES string of the molecule is CC1=C(C(=O)O)C(C/C=C/c2ccccc2)C(C(=O)OC/C=C/c2ccccc2)=C(C)N1. The highest BCUT2D eigenvalue weighted by atomic mass is 16.5. The molecule has 0 saturated heterocycles. The largest absolute Gasteiger partial charge is 0.478 e. The van der Waals surface area contributed by atoms with Crippen molar-refractivity contribution in [2.45, 2.75) is 20.3 Å². The normalized spacial score (nSPS) is 16.5. The van der Waals surface area contributed by atoms with Crippen LogP contribution in [0.4, 0.5) is 0 Å². The van der Waals surface area contributed by atoms with E-state index < -0.39 is 17.9 Å². The highest BCUT2D eigenvalue weighted by molar-refractivity contribution is 5.97. The van der Waals surface area contributed by atoms with Gasteiger partial charge < -0.3 is 15.2 Å². The lowest BCUT2D eigenvalue weighted by molar-refractivity contribution is -0.138. The smallest absolute Gasteiger partial charge is 0.336 e. The number of ether oxygens (including phenoxy) is 1. The first-order valence-corrected chi connectivity index (χ1v) is 10.5. The second kappa shape index (κ2) is 11.0. The van der Waals surface area contributed by atoms with Crippen molar-refractivity contribution in [3.63, 3.8) is 0 Å². The van der Waals surface area contributed by atoms with Crippen molar-refractivity contribution in [2.24, 2.45) is 5.92 Å². The first kappa shape index (κ1) is 22.8. The molecule has 0 saturated carbocycles. The molecule has 1 unspecified atom stereocenters. The molecule has 164 valence electrons. The molecule has 1 aliphatic rings. The molecule has 5 nitrogen and oxygen atoms in total. The van der Waals surface area contributed by atoms with Gasteiger partial charge in [-0.25, -0.2) is 9.59 Å². The third-order valence-corrected chi connectivity index (χ3v) is 5.23. The van der Waals surface area contributed by atoms with E-state index in [0.717, 1.165) is 11.1 Å². The minimum atomic E-state index is -1.05. The van der Waals surface area contributed by atoms with Gasteiger partial charge in [-0.15, -0.1) is 0 Å². The zero-order valence-electron chi connectivity index (χ0n) is 18.2. The topological polar surface area (TPSA) is 75.6 Å². The van der Waals surface area contributed by atoms with Crippen LogP contribution in [0.15, 0.2) is 95.4 Å². The molecule has 0 amide bonds. The van der Waals surface area contributed by atoms with Crippen LogP contribution in [0.2, 0.25) is 0 Å². The van der Waals surface area contributed by atoms with Gasteiger partial charge in [0.05, 0.1) is 11.1 Å². The number of carboxylic acid groups (broad SMARTS) is 1. The molecule has 0 aromatic heterocycles. The van der Waals surface area contributed by atoms with Crippen LogP contribution in [0.1, 0.15) is 31.4 Å². The van der Waals surface area contributed by atoms with Crippen molar-refractivity contribution >= 4 is 24.1 Å². The second-order valence-corrected chi connectivity index (χ2v) is 7.52. The molecule has 3 rings (SSSR count). The number of dihydropyridines is 1. The highest BCUT2D eigenvalue weighted by Crippen LogP contribution is 2.33. The summed E-state index contributed by atoms with van der Waals surface area (Å²) < 4.78 is 5.47. The summed E-state index contributed by atoms with van der Waals surface area (Å²) in [6, 6.07) is 19.5. The Hall–Kier alpha value is -3.86. The Morgan fingerprint density at radius 3 is 1.97 bits per heavy atom. The van der Waals surface area contributed by atoms with Gasteiger partial charge in [-0.3, -0.25) is 0 Å². The highest BCUT2D eigenvalue weighted by Gasteiger charge is 2.35. The molecule has 2 aromatic carbocycles. The summed E-state index contributed by atoms with van der Waals surface area (Å²) in [7, 11) is 0. The van der Waals surface area contributed by atoms with Crippen LogP contribution in [-0.2, 0) is 14.3 Å². The quantitative estimate of drug-likeness (QED) is 0.564. The molecule has 0 radical (unpaired) electrons. The molecular weight excluding hydrogens is 402 g/mol. The fraction of sp³-hybridized carbons (Fsp3) is 0.185. The van der Waals surface area contributed by atoms with Gasteiger partial charge in [-0.1, -0.05) is 78.9 Å². The molecule has 32 heavy (non-hydrogen) atoms. The van der Waals surface area contributed by atoms with Gasteiger partial charge >= 0.3 is 11.9 Å². The molecule has 0 spiro atoms. The van der Waals surface area contributed by atoms with Crippen LogP contribution in [0, 0.1) is 5.92 Å². The lowest BCUT2D eigenvalue weighted by Gasteiger charge is -2.28. The maximum Gasteiger partial charge on any atom is 0.336 e. The van der Waals surface area contributed by atoms with Gasteiger partial charge in [0.1, 0.15) is 6.61 Å². The van der Waals surface area contributed by atoms with Gasteiger partial charge in [0.2, 0.25) is 0 Å². The van der Waals surface area contributed by atoms with E-state index in [0.29, 0.717) is 23.4 Å². The van der Waals surface area contributed by atoms with Crippen molar-refractivity contribution in [3.05, 3.63) is 106 Å². The van der Waals surface area contributed by atoms with Gasteiger partial charge in [0.15, 0.2) is 0 Å². The number of hydrogen-bond acceptors (Lipinski definition) is 4. The standard InChI is InChI=1S/C27H27NO4/c1-19-24(26(29)30)23(17-9-15-21-11-5-3-6-12-21)25(20(2)28-19)27(31)32-18-10-16-22-13-7-4-8-14-22/h3-16,23,28H,17-18H2,1-2H3,(H,29,30)/b15-9+,16-10+. The van der Waals surface area contributed by atoms with Crippen LogP contribution >= 0.6 is 0 Å². The Morgan fingerprint density at radius 1 is 0.875 bits per heavy atom. The number of nitrogens with one attached hydrogen (secondary N) is 1. The molecule has 0 bridgehead atoms. The number of esters is 1. The lowest BCUT2D eigenvalue weighted by atomic mass is 9.83. The molecule has 1 heterocycles. The maximum absolute atomic E-state index is 12.9. The number of rotatable bonds is 8. The molecule has 2 aromatic rings. The van der Waals surface area contributed by atoms with Crippen LogP contribution in [0.25, 0.3) is 12.2 Å². The third kappa shape index (κ3) is 5.85. The average Bonchev–Trinajstić information content (AvgIpc) is 2.77. The van der Waals surface area contributed by atoms with Gasteiger partial charge in [-0.05, 0) is 37.5 Å². The van der Waals surface area contributed by atoms with Crippen molar-refractivity contribution in [2.75, 3.05) is 6.61 Å². The minimum absolute atomic E-state index is 0.0994. The monoisotopic (exact) mass is 429 g/mol. The molecule has 0 fully saturated rings. The molecule has 1 atom stereocenters. The summed E-state index contributed by atoms with van der Waals surface area (Å²) in [6.07, 6.45) is 7.84. The summed E-state index contributed by atoms with van der Waals surface area (Å²) in [5, 5.41) is 12.8. The fourth-order valence-electron chi connectivity index (χ4n) is 3.78. The van der Waals surface area contributed by atoms with E-state index in [2.05, 4.69) is 5.32 Å². The second-order valence-electron chi connectivity index (χ2n) is 7.52. The molecular formula is C27H27NO4. The van der Waals surface area contributed by atoms with Crippen LogP contribution < -0.4 is 5.32 Å². The van der Waals surface area contributed by atoms with E-state index in [1.54, 1.807) is 19.9 Å². The Labute approximate surface area is 188 Å². The Kier molecular flexibility index (Phi) is 7.81. The summed E-state index contributed by atoms with van der Waals surface area (Å²) in [5.74, 6) is -2.16. The first-order valence-electron chi connectivity index (χ1n) is 10.5. The van der Waals surface area contributed by atoms with Crippen LogP contribution in [0.3, 0.4) is 0 Å². The lowest BCUT2D eigenvalue weighted by Crippen LogP contribution is -2.32. The zero-order valence-corrected chi connectivity index (χ0v) is 18.2. The molecule has 2 N–H and O–H groups in total. The summed E-state index contributed by atoms with van der Waals surface area (Å²) >= 11 is 0. The van der Waals surface area contributed by atoms with Gasteiger partial charge in [-0.2, -0.15) is 0 Å². The predicted molar refractivity (Wildman–Crippen MR) is 126 cm³/mol. The van der Waals surface area contributed by atoms with Crippen LogP contribution in [-0.4, -0.2) is 23.7 Å². The number of allylic oxidation sites excluding steroid dienone is 3. The molecule has 0 aliphatic carbocycles. The summed E-state index contributed by atoms with van der Waals surface area (Å²) in [4.78, 5) is 24.9. The number of carbonyl (C=O) groups is 2. The van der Waals surface area contributed by atoms with Crippen LogP contribution in [0.5, 0.6) is 0 Å². The third-order valence-electron chi connectivity index (χ3n) is 5.23. The van der Waals surface area contributed by atoms with Crippen molar-refractivity contribution in [1.82, 2.24) is 5.32 Å². The van der Waals surface area contributed by atoms with Crippen molar-refractivity contribution < 1.29 is 19.4 Å². The Bertz CT molecular complexity index is 1080. The predicted octanol–water partition coefficient (Wildman–Crippen LogP) is 5.20. The van der Waals surface area contributed by atoms with E-state index in [1.807, 2.05) is 78.9 Å². The first-order chi connectivity index (χ1) is 15.5. The summed E-state index contributed by atoms with van der Waals surface area (Å²) in [5.41, 5.74) is 3.69. The summed E-state index contributed by atoms with van der Waals surface area (Å²) in [6.45, 7) is 3.58. The van der Waals surface area contributed by atoms with E-state index in [4.69, 9.17) is 4.74 Å². The maximum atomic E-state index is 12.9. The van der Waals surface area contributed by atoms with Crippen molar-refractivity contribution in [1.29, 1.82) is 0 Å². The van der Waals surface area contributed by atoms with E-state index >= 15 is 0 Å². The number of carboxylic acids is 1. The molecule has 5 heteroatoms.